The Morgan fingerprint density at radius 1 is 0.878 bits per heavy atom. The van der Waals surface area contributed by atoms with Crippen LogP contribution in [-0.2, 0) is 20.7 Å². The highest BCUT2D eigenvalue weighted by Crippen LogP contribution is 2.27. The lowest BCUT2D eigenvalue weighted by molar-refractivity contribution is -0.140. The van der Waals surface area contributed by atoms with E-state index in [4.69, 9.17) is 9.47 Å². The van der Waals surface area contributed by atoms with Crippen molar-refractivity contribution in [2.75, 3.05) is 85.3 Å². The largest absolute Gasteiger partial charge is 0.381 e. The molecule has 4 aliphatic rings. The highest BCUT2D eigenvalue weighted by Gasteiger charge is 2.36. The third kappa shape index (κ3) is 9.11. The summed E-state index contributed by atoms with van der Waals surface area (Å²) in [6, 6.07) is 6.66. The van der Waals surface area contributed by atoms with Crippen LogP contribution in [0.15, 0.2) is 24.3 Å². The summed E-state index contributed by atoms with van der Waals surface area (Å²) < 4.78 is 24.3. The normalized spacial score (nSPS) is 27.0. The van der Waals surface area contributed by atoms with Crippen LogP contribution in [0.1, 0.15) is 37.7 Å². The number of benzene rings is 1. The van der Waals surface area contributed by atoms with Crippen LogP contribution in [0.25, 0.3) is 0 Å². The van der Waals surface area contributed by atoms with Crippen LogP contribution in [0.4, 0.5) is 9.18 Å². The molecule has 4 aliphatic heterocycles. The number of urea groups is 1. The molecule has 41 heavy (non-hydrogen) atoms. The Morgan fingerprint density at radius 2 is 1.63 bits per heavy atom. The fraction of sp³-hybridized carbons (Fsp3) is 0.742. The van der Waals surface area contributed by atoms with Gasteiger partial charge in [-0.15, -0.1) is 0 Å². The third-order valence-electron chi connectivity index (χ3n) is 9.31. The Morgan fingerprint density at radius 3 is 2.41 bits per heavy atom. The Balaban J connectivity index is 1.16. The van der Waals surface area contributed by atoms with E-state index in [2.05, 4.69) is 20.4 Å². The zero-order valence-corrected chi connectivity index (χ0v) is 24.4. The van der Waals surface area contributed by atoms with E-state index in [1.807, 2.05) is 17.0 Å². The van der Waals surface area contributed by atoms with Gasteiger partial charge in [0, 0.05) is 71.5 Å². The number of rotatable bonds is 9. The first-order valence-electron chi connectivity index (χ1n) is 15.7. The maximum Gasteiger partial charge on any atom is 0.315 e. The number of hydrogen-bond acceptors (Lipinski definition) is 6. The molecule has 228 valence electrons. The van der Waals surface area contributed by atoms with Crippen LogP contribution in [0.2, 0.25) is 0 Å². The molecule has 0 aliphatic carbocycles. The number of nitrogens with one attached hydrogen (secondary N) is 2. The van der Waals surface area contributed by atoms with E-state index < -0.39 is 0 Å². The van der Waals surface area contributed by atoms with Gasteiger partial charge in [-0.05, 0) is 74.6 Å². The molecule has 0 saturated carbocycles. The van der Waals surface area contributed by atoms with Crippen LogP contribution in [0, 0.1) is 23.6 Å². The lowest BCUT2D eigenvalue weighted by Gasteiger charge is -2.43. The summed E-state index contributed by atoms with van der Waals surface area (Å²) in [7, 11) is 0. The maximum absolute atomic E-state index is 13.4. The first kappa shape index (κ1) is 30.2. The second-order valence-corrected chi connectivity index (χ2v) is 12.3. The van der Waals surface area contributed by atoms with Crippen molar-refractivity contribution in [3.63, 3.8) is 0 Å². The number of nitrogens with zero attached hydrogens (tertiary/aromatic N) is 3. The van der Waals surface area contributed by atoms with Crippen LogP contribution in [-0.4, -0.2) is 118 Å². The van der Waals surface area contributed by atoms with Crippen LogP contribution >= 0.6 is 0 Å². The van der Waals surface area contributed by atoms with E-state index >= 15 is 0 Å². The molecule has 4 heterocycles. The Labute approximate surface area is 244 Å². The zero-order valence-electron chi connectivity index (χ0n) is 24.4. The summed E-state index contributed by atoms with van der Waals surface area (Å²) in [4.78, 5) is 33.2. The highest BCUT2D eigenvalue weighted by molar-refractivity contribution is 5.79. The fourth-order valence-electron chi connectivity index (χ4n) is 6.93. The molecule has 0 unspecified atom stereocenters. The van der Waals surface area contributed by atoms with Crippen molar-refractivity contribution in [3.8, 4) is 0 Å². The quantitative estimate of drug-likeness (QED) is 0.472. The predicted molar refractivity (Wildman–Crippen MR) is 155 cm³/mol. The van der Waals surface area contributed by atoms with Gasteiger partial charge in [0.25, 0.3) is 0 Å². The standard InChI is InChI=1S/C31H48FN5O4/c32-28-5-3-24(4-6-28)20-25-2-1-11-36(21-25)22-27-7-12-37(30(38)26-8-16-40-17-9-26)23-29(27)34-31(39)33-10-13-35-14-18-41-19-15-35/h3-6,25-27,29H,1-2,7-23H2,(H2,33,34,39)/t25-,27-,29-/m0/s1. The summed E-state index contributed by atoms with van der Waals surface area (Å²) in [5, 5.41) is 6.32. The number of hydrogen-bond donors (Lipinski definition) is 2. The van der Waals surface area contributed by atoms with Crippen LogP contribution < -0.4 is 10.6 Å². The molecule has 3 amide bonds. The first-order chi connectivity index (χ1) is 20.0. The van der Waals surface area contributed by atoms with Crippen LogP contribution in [0.5, 0.6) is 0 Å². The first-order valence-corrected chi connectivity index (χ1v) is 15.7. The van der Waals surface area contributed by atoms with Gasteiger partial charge in [0.05, 0.1) is 19.3 Å². The molecule has 0 radical (unpaired) electrons. The molecule has 1 aromatic rings. The molecule has 4 fully saturated rings. The Bertz CT molecular complexity index is 970. The number of amides is 3. The van der Waals surface area contributed by atoms with Gasteiger partial charge in [0.1, 0.15) is 5.82 Å². The minimum absolute atomic E-state index is 0.0256. The molecule has 0 aromatic heterocycles. The molecule has 1 aromatic carbocycles. The van der Waals surface area contributed by atoms with Gasteiger partial charge in [0.2, 0.25) is 5.91 Å². The van der Waals surface area contributed by atoms with Gasteiger partial charge >= 0.3 is 6.03 Å². The topological polar surface area (TPSA) is 86.4 Å². The van der Waals surface area contributed by atoms with Gasteiger partial charge in [-0.25, -0.2) is 9.18 Å². The van der Waals surface area contributed by atoms with Crippen molar-refractivity contribution >= 4 is 11.9 Å². The average molecular weight is 574 g/mol. The minimum Gasteiger partial charge on any atom is -0.381 e. The fourth-order valence-corrected chi connectivity index (χ4v) is 6.93. The molecule has 0 spiro atoms. The molecule has 4 saturated heterocycles. The van der Waals surface area contributed by atoms with Crippen molar-refractivity contribution in [2.45, 2.75) is 44.6 Å². The lowest BCUT2D eigenvalue weighted by Crippen LogP contribution is -2.59. The molecule has 10 heteroatoms. The van der Waals surface area contributed by atoms with Crippen LogP contribution in [0.3, 0.4) is 0 Å². The van der Waals surface area contributed by atoms with Crippen molar-refractivity contribution < 1.29 is 23.5 Å². The molecule has 5 rings (SSSR count). The number of piperidine rings is 2. The Kier molecular flexibility index (Phi) is 11.2. The summed E-state index contributed by atoms with van der Waals surface area (Å²) >= 11 is 0. The molecule has 9 nitrogen and oxygen atoms in total. The van der Waals surface area contributed by atoms with E-state index in [1.165, 1.54) is 12.0 Å². The number of ether oxygens (including phenoxy) is 2. The summed E-state index contributed by atoms with van der Waals surface area (Å²) in [6.07, 6.45) is 5.73. The molecular weight excluding hydrogens is 525 g/mol. The van der Waals surface area contributed by atoms with E-state index in [-0.39, 0.29) is 35.6 Å². The second-order valence-electron chi connectivity index (χ2n) is 12.3. The molecule has 0 bridgehead atoms. The summed E-state index contributed by atoms with van der Waals surface area (Å²) in [6.45, 7) is 10.3. The minimum atomic E-state index is -0.190. The van der Waals surface area contributed by atoms with Gasteiger partial charge in [-0.2, -0.15) is 0 Å². The number of carbonyl (C=O) groups excluding carboxylic acids is 2. The number of morpholine rings is 1. The van der Waals surface area contributed by atoms with Crippen molar-refractivity contribution in [1.82, 2.24) is 25.3 Å². The monoisotopic (exact) mass is 573 g/mol. The molecular formula is C31H48FN5O4. The van der Waals surface area contributed by atoms with Gasteiger partial charge in [-0.3, -0.25) is 9.69 Å². The van der Waals surface area contributed by atoms with E-state index in [9.17, 15) is 14.0 Å². The predicted octanol–water partition coefficient (Wildman–Crippen LogP) is 2.36. The smallest absolute Gasteiger partial charge is 0.315 e. The molecule has 2 N–H and O–H groups in total. The van der Waals surface area contributed by atoms with E-state index in [1.54, 1.807) is 12.1 Å². The van der Waals surface area contributed by atoms with Gasteiger partial charge in [-0.1, -0.05) is 12.1 Å². The van der Waals surface area contributed by atoms with Gasteiger partial charge in [0.15, 0.2) is 0 Å². The number of likely N-dealkylation sites (tertiary alicyclic amines) is 2. The molecule has 3 atom stereocenters. The summed E-state index contributed by atoms with van der Waals surface area (Å²) in [5.41, 5.74) is 1.19. The summed E-state index contributed by atoms with van der Waals surface area (Å²) in [5.74, 6) is 0.869. The number of halogens is 1. The Hall–Kier alpha value is -2.27. The maximum atomic E-state index is 13.4. The van der Waals surface area contributed by atoms with E-state index in [0.29, 0.717) is 32.2 Å². The van der Waals surface area contributed by atoms with E-state index in [0.717, 1.165) is 91.1 Å². The van der Waals surface area contributed by atoms with Crippen molar-refractivity contribution in [2.24, 2.45) is 17.8 Å². The third-order valence-corrected chi connectivity index (χ3v) is 9.31. The second kappa shape index (κ2) is 15.3. The van der Waals surface area contributed by atoms with Crippen molar-refractivity contribution in [3.05, 3.63) is 35.6 Å². The number of carbonyl (C=O) groups is 2. The lowest BCUT2D eigenvalue weighted by atomic mass is 9.87. The SMILES string of the molecule is O=C(NCCN1CCOCC1)N[C@H]1CN(C(=O)C2CCOCC2)CC[C@H]1CN1CCC[C@@H](Cc2ccc(F)cc2)C1. The van der Waals surface area contributed by atoms with Gasteiger partial charge < -0.3 is 29.9 Å². The van der Waals surface area contributed by atoms with Crippen molar-refractivity contribution in [1.29, 1.82) is 0 Å². The zero-order chi connectivity index (χ0) is 28.4. The average Bonchev–Trinajstić information content (AvgIpc) is 3.00. The highest BCUT2D eigenvalue weighted by atomic mass is 19.1.